The normalized spacial score (nSPS) is 13.9. The van der Waals surface area contributed by atoms with Crippen molar-refractivity contribution in [3.63, 3.8) is 0 Å². The number of anilines is 2. The van der Waals surface area contributed by atoms with Crippen molar-refractivity contribution in [1.29, 1.82) is 0 Å². The maximum absolute atomic E-state index is 15.2. The summed E-state index contributed by atoms with van der Waals surface area (Å²) in [6.45, 7) is 20.4. The van der Waals surface area contributed by atoms with Crippen molar-refractivity contribution in [2.24, 2.45) is 10.7 Å². The number of nitrogens with two attached hydrogens (primary N) is 1. The first-order valence-corrected chi connectivity index (χ1v) is 14.0. The summed E-state index contributed by atoms with van der Waals surface area (Å²) in [4.78, 5) is 17.5. The van der Waals surface area contributed by atoms with Gasteiger partial charge in [0.2, 0.25) is 5.95 Å². The summed E-state index contributed by atoms with van der Waals surface area (Å²) >= 11 is 0. The average Bonchev–Trinajstić information content (AvgIpc) is 3.00. The Morgan fingerprint density at radius 3 is 2.60 bits per heavy atom. The number of fused-ring (bicyclic) bond motifs is 1. The molecule has 0 radical (unpaired) electrons. The number of allylic oxidation sites excluding steroid dienone is 5. The largest absolute Gasteiger partial charge is 0.383 e. The molecule has 0 aliphatic carbocycles. The quantitative estimate of drug-likeness (QED) is 0.0951. The Hall–Kier alpha value is -4.55. The standard InChI is InChI=1S/C33H39F2N7/c1-8-19-37-31(36)25-16-13-15-24(23(25)7)29-26-18-17-22(6)42(30(27(34)9-2)28(35)10-3)32(26)40-33(39-29)38-20-14-21-41(11-4)12-5/h9-10,13,15-18H,2,6,11-12,14,20-21H2,1,3-5,7H3,(H2,36,37)(H,38,39,40)/b28-10+,30-27-. The predicted octanol–water partition coefficient (Wildman–Crippen LogP) is 6.87. The van der Waals surface area contributed by atoms with Crippen LogP contribution in [0.3, 0.4) is 0 Å². The van der Waals surface area contributed by atoms with Crippen LogP contribution in [0.15, 0.2) is 77.6 Å². The Kier molecular flexibility index (Phi) is 11.3. The van der Waals surface area contributed by atoms with E-state index >= 15 is 8.78 Å². The predicted molar refractivity (Wildman–Crippen MR) is 171 cm³/mol. The van der Waals surface area contributed by atoms with Gasteiger partial charge in [0.1, 0.15) is 23.2 Å². The molecule has 1 aliphatic rings. The van der Waals surface area contributed by atoms with Crippen LogP contribution in [0.5, 0.6) is 0 Å². The molecular formula is C33H39F2N7. The smallest absolute Gasteiger partial charge is 0.225 e. The SMILES string of the molecule is C=C/C(F)=C(\C(F)=C/C)N1C(=C)C=Cc2c(-c3cccc(C(N)=NC#CC)c3C)nc(NCCCN(CC)CC)nc21. The van der Waals surface area contributed by atoms with E-state index in [0.29, 0.717) is 35.0 Å². The minimum absolute atomic E-state index is 0.278. The summed E-state index contributed by atoms with van der Waals surface area (Å²) in [5, 5.41) is 3.32. The van der Waals surface area contributed by atoms with Crippen LogP contribution in [-0.4, -0.2) is 46.9 Å². The molecule has 9 heteroatoms. The zero-order chi connectivity index (χ0) is 30.8. The zero-order valence-electron chi connectivity index (χ0n) is 25.1. The number of nitrogens with zero attached hydrogens (tertiary/aromatic N) is 5. The molecule has 0 atom stereocenters. The van der Waals surface area contributed by atoms with Gasteiger partial charge in [-0.15, -0.1) is 0 Å². The maximum atomic E-state index is 15.2. The van der Waals surface area contributed by atoms with E-state index in [0.717, 1.165) is 43.3 Å². The molecule has 0 amide bonds. The minimum atomic E-state index is -0.846. The fraction of sp³-hybridized carbons (Fsp3) is 0.303. The fourth-order valence-electron chi connectivity index (χ4n) is 4.66. The molecule has 0 spiro atoms. The summed E-state index contributed by atoms with van der Waals surface area (Å²) in [5.74, 6) is 1.98. The summed E-state index contributed by atoms with van der Waals surface area (Å²) in [5.41, 5.74) is 9.68. The number of hydrogen-bond acceptors (Lipinski definition) is 6. The first kappa shape index (κ1) is 32.0. The highest BCUT2D eigenvalue weighted by Crippen LogP contribution is 2.41. The van der Waals surface area contributed by atoms with Crippen LogP contribution in [0.1, 0.15) is 50.8 Å². The zero-order valence-corrected chi connectivity index (χ0v) is 25.1. The van der Waals surface area contributed by atoms with E-state index in [-0.39, 0.29) is 17.4 Å². The molecular weight excluding hydrogens is 532 g/mol. The van der Waals surface area contributed by atoms with Crippen molar-refractivity contribution in [3.8, 4) is 23.2 Å². The third-order valence-electron chi connectivity index (χ3n) is 6.96. The number of amidine groups is 1. The van der Waals surface area contributed by atoms with E-state index < -0.39 is 11.7 Å². The van der Waals surface area contributed by atoms with E-state index in [1.54, 1.807) is 19.1 Å². The Balaban J connectivity index is 2.26. The topological polar surface area (TPSA) is 82.7 Å². The van der Waals surface area contributed by atoms with Crippen molar-refractivity contribution < 1.29 is 8.78 Å². The van der Waals surface area contributed by atoms with E-state index in [4.69, 9.17) is 15.7 Å². The minimum Gasteiger partial charge on any atom is -0.383 e. The van der Waals surface area contributed by atoms with E-state index in [2.05, 4.69) is 54.2 Å². The van der Waals surface area contributed by atoms with Gasteiger partial charge in [-0.05, 0) is 76.7 Å². The number of halogens is 2. The second-order valence-corrected chi connectivity index (χ2v) is 9.47. The second-order valence-electron chi connectivity index (χ2n) is 9.47. The number of hydrogen-bond donors (Lipinski definition) is 2. The Labute approximate surface area is 248 Å². The molecule has 3 rings (SSSR count). The number of nitrogens with one attached hydrogen (secondary N) is 1. The summed E-state index contributed by atoms with van der Waals surface area (Å²) in [7, 11) is 0. The number of aromatic nitrogens is 2. The van der Waals surface area contributed by atoms with E-state index in [1.807, 2.05) is 25.1 Å². The number of benzene rings is 1. The monoisotopic (exact) mass is 571 g/mol. The lowest BCUT2D eigenvalue weighted by atomic mass is 9.95. The van der Waals surface area contributed by atoms with Gasteiger partial charge >= 0.3 is 0 Å². The van der Waals surface area contributed by atoms with Crippen molar-refractivity contribution in [2.45, 2.75) is 41.0 Å². The van der Waals surface area contributed by atoms with Crippen LogP contribution in [0.25, 0.3) is 17.3 Å². The lowest BCUT2D eigenvalue weighted by Gasteiger charge is -2.31. The summed E-state index contributed by atoms with van der Waals surface area (Å²) < 4.78 is 30.4. The van der Waals surface area contributed by atoms with Crippen molar-refractivity contribution in [1.82, 2.24) is 14.9 Å². The van der Waals surface area contributed by atoms with Gasteiger partial charge in [0.05, 0.1) is 5.69 Å². The molecule has 0 unspecified atom stereocenters. The third-order valence-corrected chi connectivity index (χ3v) is 6.96. The molecule has 1 aliphatic heterocycles. The van der Waals surface area contributed by atoms with Crippen LogP contribution in [-0.2, 0) is 0 Å². The molecule has 3 N–H and O–H groups in total. The lowest BCUT2D eigenvalue weighted by Crippen LogP contribution is -2.27. The van der Waals surface area contributed by atoms with Crippen LogP contribution in [0, 0.1) is 18.9 Å². The van der Waals surface area contributed by atoms with E-state index in [9.17, 15) is 0 Å². The molecule has 1 aromatic carbocycles. The maximum Gasteiger partial charge on any atom is 0.225 e. The molecule has 0 fully saturated rings. The third kappa shape index (κ3) is 7.01. The molecule has 0 saturated heterocycles. The fourth-order valence-corrected chi connectivity index (χ4v) is 4.66. The molecule has 220 valence electrons. The first-order chi connectivity index (χ1) is 20.2. The molecule has 7 nitrogen and oxygen atoms in total. The molecule has 42 heavy (non-hydrogen) atoms. The highest BCUT2D eigenvalue weighted by Gasteiger charge is 2.30. The molecule has 1 aromatic heterocycles. The van der Waals surface area contributed by atoms with Crippen molar-refractivity contribution >= 4 is 23.7 Å². The number of aliphatic imine (C=N–C) groups is 1. The molecule has 0 saturated carbocycles. The number of rotatable bonds is 12. The highest BCUT2D eigenvalue weighted by atomic mass is 19.1. The van der Waals surface area contributed by atoms with Gasteiger partial charge in [-0.25, -0.2) is 13.8 Å². The van der Waals surface area contributed by atoms with Gasteiger partial charge in [0.25, 0.3) is 0 Å². The average molecular weight is 572 g/mol. The Morgan fingerprint density at radius 1 is 1.21 bits per heavy atom. The van der Waals surface area contributed by atoms with Gasteiger partial charge in [0, 0.05) is 35.0 Å². The second kappa shape index (κ2) is 14.9. The summed E-state index contributed by atoms with van der Waals surface area (Å²) in [6.07, 6.45) is 6.49. The van der Waals surface area contributed by atoms with Gasteiger partial charge in [-0.2, -0.15) is 9.98 Å². The lowest BCUT2D eigenvalue weighted by molar-refractivity contribution is 0.303. The van der Waals surface area contributed by atoms with Crippen molar-refractivity contribution in [3.05, 3.63) is 89.3 Å². The molecule has 2 heterocycles. The van der Waals surface area contributed by atoms with Gasteiger partial charge in [-0.3, -0.25) is 4.90 Å². The van der Waals surface area contributed by atoms with Gasteiger partial charge < -0.3 is 16.0 Å². The highest BCUT2D eigenvalue weighted by molar-refractivity contribution is 6.01. The molecule has 0 bridgehead atoms. The Bertz CT molecular complexity index is 1520. The van der Waals surface area contributed by atoms with Gasteiger partial charge in [0.15, 0.2) is 5.82 Å². The van der Waals surface area contributed by atoms with Crippen LogP contribution >= 0.6 is 0 Å². The van der Waals surface area contributed by atoms with E-state index in [1.165, 1.54) is 17.9 Å². The Morgan fingerprint density at radius 2 is 1.95 bits per heavy atom. The van der Waals surface area contributed by atoms with Crippen molar-refractivity contribution in [2.75, 3.05) is 36.4 Å². The van der Waals surface area contributed by atoms with Gasteiger partial charge in [-0.1, -0.05) is 51.1 Å². The summed E-state index contributed by atoms with van der Waals surface area (Å²) in [6, 6.07) is 8.28. The van der Waals surface area contributed by atoms with Crippen LogP contribution in [0.2, 0.25) is 0 Å². The molecule has 2 aromatic rings. The first-order valence-electron chi connectivity index (χ1n) is 14.0. The van der Waals surface area contributed by atoms with Crippen LogP contribution < -0.4 is 16.0 Å². The van der Waals surface area contributed by atoms with Crippen LogP contribution in [0.4, 0.5) is 20.5 Å².